The highest BCUT2D eigenvalue weighted by Crippen LogP contribution is 2.29. The molecule has 1 aromatic rings. The summed E-state index contributed by atoms with van der Waals surface area (Å²) in [7, 11) is 0. The van der Waals surface area contributed by atoms with Crippen LogP contribution in [0.3, 0.4) is 0 Å². The van der Waals surface area contributed by atoms with E-state index in [4.69, 9.17) is 15.2 Å². The van der Waals surface area contributed by atoms with Gasteiger partial charge < -0.3 is 15.2 Å². The SMILES string of the molecule is CCOc1cc(CC(C)N)ccc1OCC(C)C. The average Bonchev–Trinajstić information content (AvgIpc) is 2.27. The van der Waals surface area contributed by atoms with E-state index in [0.717, 1.165) is 17.9 Å². The predicted octanol–water partition coefficient (Wildman–Crippen LogP) is 3.01. The van der Waals surface area contributed by atoms with Gasteiger partial charge in [-0.3, -0.25) is 0 Å². The maximum Gasteiger partial charge on any atom is 0.161 e. The van der Waals surface area contributed by atoms with Crippen molar-refractivity contribution in [2.24, 2.45) is 11.7 Å². The summed E-state index contributed by atoms with van der Waals surface area (Å²) in [6.45, 7) is 9.58. The van der Waals surface area contributed by atoms with E-state index in [1.807, 2.05) is 26.0 Å². The minimum atomic E-state index is 0.155. The van der Waals surface area contributed by atoms with Crippen molar-refractivity contribution in [1.82, 2.24) is 0 Å². The van der Waals surface area contributed by atoms with Crippen LogP contribution in [0.15, 0.2) is 18.2 Å². The number of hydrogen-bond donors (Lipinski definition) is 1. The lowest BCUT2D eigenvalue weighted by molar-refractivity contribution is 0.248. The second kappa shape index (κ2) is 7.27. The molecule has 3 nitrogen and oxygen atoms in total. The van der Waals surface area contributed by atoms with Gasteiger partial charge in [-0.05, 0) is 43.9 Å². The molecule has 0 amide bonds. The maximum atomic E-state index is 5.81. The Morgan fingerprint density at radius 1 is 1.11 bits per heavy atom. The first-order valence-corrected chi connectivity index (χ1v) is 6.67. The fourth-order valence-corrected chi connectivity index (χ4v) is 1.70. The molecular weight excluding hydrogens is 226 g/mol. The summed E-state index contributed by atoms with van der Waals surface area (Å²) in [4.78, 5) is 0. The topological polar surface area (TPSA) is 44.5 Å². The lowest BCUT2D eigenvalue weighted by Gasteiger charge is -2.15. The number of rotatable bonds is 7. The molecule has 0 aliphatic carbocycles. The fraction of sp³-hybridized carbons (Fsp3) is 0.600. The molecule has 2 N–H and O–H groups in total. The van der Waals surface area contributed by atoms with Crippen molar-refractivity contribution in [3.05, 3.63) is 23.8 Å². The van der Waals surface area contributed by atoms with E-state index in [0.29, 0.717) is 19.1 Å². The minimum Gasteiger partial charge on any atom is -0.490 e. The normalized spacial score (nSPS) is 12.6. The molecular formula is C15H25NO2. The Bertz CT molecular complexity index is 362. The van der Waals surface area contributed by atoms with Crippen LogP contribution in [0.5, 0.6) is 11.5 Å². The molecule has 0 radical (unpaired) electrons. The van der Waals surface area contributed by atoms with E-state index in [2.05, 4.69) is 19.9 Å². The van der Waals surface area contributed by atoms with E-state index < -0.39 is 0 Å². The van der Waals surface area contributed by atoms with Crippen LogP contribution in [0, 0.1) is 5.92 Å². The minimum absolute atomic E-state index is 0.155. The van der Waals surface area contributed by atoms with Crippen LogP contribution >= 0.6 is 0 Å². The van der Waals surface area contributed by atoms with Gasteiger partial charge >= 0.3 is 0 Å². The molecule has 0 saturated carbocycles. The molecule has 3 heteroatoms. The quantitative estimate of drug-likeness (QED) is 0.810. The summed E-state index contributed by atoms with van der Waals surface area (Å²) in [5, 5.41) is 0. The number of benzene rings is 1. The van der Waals surface area contributed by atoms with Gasteiger partial charge in [0.2, 0.25) is 0 Å². The molecule has 0 saturated heterocycles. The zero-order valence-corrected chi connectivity index (χ0v) is 11.9. The van der Waals surface area contributed by atoms with Gasteiger partial charge in [0.15, 0.2) is 11.5 Å². The highest BCUT2D eigenvalue weighted by atomic mass is 16.5. The van der Waals surface area contributed by atoms with Crippen molar-refractivity contribution in [2.75, 3.05) is 13.2 Å². The molecule has 0 aliphatic heterocycles. The lowest BCUT2D eigenvalue weighted by atomic mass is 10.1. The standard InChI is InChI=1S/C15H25NO2/c1-5-17-15-9-13(8-12(4)16)6-7-14(15)18-10-11(2)3/h6-7,9,11-12H,5,8,10,16H2,1-4H3. The Hall–Kier alpha value is -1.22. The summed E-state index contributed by atoms with van der Waals surface area (Å²) in [5.74, 6) is 2.14. The Balaban J connectivity index is 2.82. The zero-order valence-electron chi connectivity index (χ0n) is 11.9. The predicted molar refractivity (Wildman–Crippen MR) is 75.3 cm³/mol. The molecule has 18 heavy (non-hydrogen) atoms. The Kier molecular flexibility index (Phi) is 5.99. The largest absolute Gasteiger partial charge is 0.490 e. The molecule has 0 fully saturated rings. The smallest absolute Gasteiger partial charge is 0.161 e. The van der Waals surface area contributed by atoms with Crippen LogP contribution in [0.2, 0.25) is 0 Å². The second-order valence-electron chi connectivity index (χ2n) is 5.10. The third kappa shape index (κ3) is 4.96. The van der Waals surface area contributed by atoms with Gasteiger partial charge in [0, 0.05) is 6.04 Å². The Morgan fingerprint density at radius 2 is 1.83 bits per heavy atom. The van der Waals surface area contributed by atoms with Crippen LogP contribution in [0.4, 0.5) is 0 Å². The van der Waals surface area contributed by atoms with Gasteiger partial charge in [0.1, 0.15) is 0 Å². The highest BCUT2D eigenvalue weighted by molar-refractivity contribution is 5.43. The fourth-order valence-electron chi connectivity index (χ4n) is 1.70. The van der Waals surface area contributed by atoms with Crippen molar-refractivity contribution in [3.63, 3.8) is 0 Å². The Labute approximate surface area is 110 Å². The summed E-state index contributed by atoms with van der Waals surface area (Å²) in [6.07, 6.45) is 0.852. The van der Waals surface area contributed by atoms with E-state index in [1.54, 1.807) is 0 Å². The van der Waals surface area contributed by atoms with Gasteiger partial charge in [-0.15, -0.1) is 0 Å². The van der Waals surface area contributed by atoms with E-state index in [9.17, 15) is 0 Å². The van der Waals surface area contributed by atoms with Crippen LogP contribution in [-0.2, 0) is 6.42 Å². The summed E-state index contributed by atoms with van der Waals surface area (Å²) >= 11 is 0. The van der Waals surface area contributed by atoms with Gasteiger partial charge in [-0.25, -0.2) is 0 Å². The molecule has 0 aliphatic rings. The number of nitrogens with two attached hydrogens (primary N) is 1. The Morgan fingerprint density at radius 3 is 2.39 bits per heavy atom. The lowest BCUT2D eigenvalue weighted by Crippen LogP contribution is -2.17. The zero-order chi connectivity index (χ0) is 13.5. The first kappa shape index (κ1) is 14.8. The summed E-state index contributed by atoms with van der Waals surface area (Å²) in [6, 6.07) is 6.22. The molecule has 0 aromatic heterocycles. The third-order valence-electron chi connectivity index (χ3n) is 2.44. The van der Waals surface area contributed by atoms with Gasteiger partial charge in [0.05, 0.1) is 13.2 Å². The van der Waals surface area contributed by atoms with Crippen LogP contribution < -0.4 is 15.2 Å². The first-order valence-electron chi connectivity index (χ1n) is 6.67. The molecule has 0 heterocycles. The monoisotopic (exact) mass is 251 g/mol. The van der Waals surface area contributed by atoms with Crippen LogP contribution in [0.25, 0.3) is 0 Å². The average molecular weight is 251 g/mol. The van der Waals surface area contributed by atoms with Gasteiger partial charge in [-0.2, -0.15) is 0 Å². The summed E-state index contributed by atoms with van der Waals surface area (Å²) in [5.41, 5.74) is 7.00. The van der Waals surface area contributed by atoms with Crippen molar-refractivity contribution in [1.29, 1.82) is 0 Å². The molecule has 1 rings (SSSR count). The highest BCUT2D eigenvalue weighted by Gasteiger charge is 2.08. The first-order chi connectivity index (χ1) is 8.52. The summed E-state index contributed by atoms with van der Waals surface area (Å²) < 4.78 is 11.4. The second-order valence-corrected chi connectivity index (χ2v) is 5.10. The van der Waals surface area contributed by atoms with E-state index in [1.165, 1.54) is 5.56 Å². The number of hydrogen-bond acceptors (Lipinski definition) is 3. The molecule has 1 atom stereocenters. The van der Waals surface area contributed by atoms with Gasteiger partial charge in [0.25, 0.3) is 0 Å². The van der Waals surface area contributed by atoms with Gasteiger partial charge in [-0.1, -0.05) is 19.9 Å². The van der Waals surface area contributed by atoms with Crippen molar-refractivity contribution in [3.8, 4) is 11.5 Å². The molecule has 1 aromatic carbocycles. The van der Waals surface area contributed by atoms with Crippen LogP contribution in [-0.4, -0.2) is 19.3 Å². The molecule has 0 bridgehead atoms. The number of ether oxygens (including phenoxy) is 2. The van der Waals surface area contributed by atoms with E-state index in [-0.39, 0.29) is 6.04 Å². The maximum absolute atomic E-state index is 5.81. The third-order valence-corrected chi connectivity index (χ3v) is 2.44. The van der Waals surface area contributed by atoms with Crippen molar-refractivity contribution >= 4 is 0 Å². The molecule has 0 spiro atoms. The van der Waals surface area contributed by atoms with Crippen molar-refractivity contribution in [2.45, 2.75) is 40.2 Å². The molecule has 102 valence electrons. The molecule has 1 unspecified atom stereocenters. The van der Waals surface area contributed by atoms with Crippen molar-refractivity contribution < 1.29 is 9.47 Å². The van der Waals surface area contributed by atoms with Crippen LogP contribution in [0.1, 0.15) is 33.3 Å². The van der Waals surface area contributed by atoms with E-state index >= 15 is 0 Å².